The smallest absolute Gasteiger partial charge is 0.0594 e. The quantitative estimate of drug-likeness (QED) is 0.763. The third-order valence-corrected chi connectivity index (χ3v) is 7.30. The maximum absolute atomic E-state index is 6.04. The summed E-state index contributed by atoms with van der Waals surface area (Å²) >= 11 is 6.04. The largest absolute Gasteiger partial charge is 0.384 e. The summed E-state index contributed by atoms with van der Waals surface area (Å²) in [5.41, 5.74) is 1.68. The van der Waals surface area contributed by atoms with Crippen LogP contribution in [0, 0.1) is 11.3 Å². The van der Waals surface area contributed by atoms with Gasteiger partial charge in [-0.05, 0) is 55.8 Å². The fourth-order valence-electron chi connectivity index (χ4n) is 5.63. The predicted molar refractivity (Wildman–Crippen MR) is 109 cm³/mol. The van der Waals surface area contributed by atoms with Crippen molar-refractivity contribution in [3.05, 3.63) is 34.9 Å². The molecule has 0 radical (unpaired) electrons. The normalized spacial score (nSPS) is 33.0. The summed E-state index contributed by atoms with van der Waals surface area (Å²) in [7, 11) is 1.87. The Morgan fingerprint density at radius 2 is 1.93 bits per heavy atom. The van der Waals surface area contributed by atoms with Crippen molar-refractivity contribution in [2.45, 2.75) is 38.3 Å². The number of fused-ring (bicyclic) bond motifs is 1. The molecule has 0 unspecified atom stereocenters. The third kappa shape index (κ3) is 4.51. The van der Waals surface area contributed by atoms with Gasteiger partial charge in [0.05, 0.1) is 19.8 Å². The highest BCUT2D eigenvalue weighted by Crippen LogP contribution is 2.48. The summed E-state index contributed by atoms with van der Waals surface area (Å²) in [6, 6.07) is 9.07. The highest BCUT2D eigenvalue weighted by atomic mass is 35.5. The molecular weight excluding hydrogens is 360 g/mol. The molecule has 1 saturated carbocycles. The van der Waals surface area contributed by atoms with Gasteiger partial charge in [-0.15, -0.1) is 0 Å². The summed E-state index contributed by atoms with van der Waals surface area (Å²) in [5.74, 6) is 0.778. The van der Waals surface area contributed by atoms with Crippen LogP contribution in [0.2, 0.25) is 5.02 Å². The summed E-state index contributed by atoms with van der Waals surface area (Å²) in [5, 5.41) is 0.815. The first-order chi connectivity index (χ1) is 13.2. The van der Waals surface area contributed by atoms with Crippen LogP contribution >= 0.6 is 11.6 Å². The molecule has 0 bridgehead atoms. The number of hydrogen-bond donors (Lipinski definition) is 0. The molecule has 2 heterocycles. The van der Waals surface area contributed by atoms with Crippen molar-refractivity contribution < 1.29 is 9.47 Å². The monoisotopic (exact) mass is 392 g/mol. The van der Waals surface area contributed by atoms with E-state index in [0.29, 0.717) is 5.41 Å². The zero-order chi connectivity index (χ0) is 18.7. The Hall–Kier alpha value is -0.650. The molecule has 1 aromatic rings. The Labute approximate surface area is 168 Å². The van der Waals surface area contributed by atoms with E-state index < -0.39 is 0 Å². The van der Waals surface area contributed by atoms with E-state index in [1.807, 2.05) is 19.2 Å². The summed E-state index contributed by atoms with van der Waals surface area (Å²) in [6.45, 7) is 8.28. The molecule has 2 saturated heterocycles. The molecule has 4 nitrogen and oxygen atoms in total. The van der Waals surface area contributed by atoms with Crippen LogP contribution in [-0.2, 0) is 16.0 Å². The Kier molecular flexibility index (Phi) is 6.40. The third-order valence-electron chi connectivity index (χ3n) is 7.04. The second-order valence-electron chi connectivity index (χ2n) is 8.69. The molecule has 0 spiro atoms. The number of hydrogen-bond acceptors (Lipinski definition) is 4. The zero-order valence-corrected chi connectivity index (χ0v) is 17.3. The Bertz CT molecular complexity index is 605. The Morgan fingerprint density at radius 3 is 2.67 bits per heavy atom. The first-order valence-electron chi connectivity index (χ1n) is 10.5. The van der Waals surface area contributed by atoms with Crippen molar-refractivity contribution in [3.8, 4) is 0 Å². The average molecular weight is 393 g/mol. The van der Waals surface area contributed by atoms with Gasteiger partial charge in [-0.1, -0.05) is 23.7 Å². The second kappa shape index (κ2) is 8.79. The lowest BCUT2D eigenvalue weighted by Gasteiger charge is -2.54. The molecule has 3 atom stereocenters. The van der Waals surface area contributed by atoms with Crippen molar-refractivity contribution in [2.24, 2.45) is 11.3 Å². The SMILES string of the molecule is COC[C@@]12CC[C@@H](N3CCOCC3)C[C@H]1CCN(Cc1ccc(Cl)cc1)C2. The molecule has 5 heteroatoms. The summed E-state index contributed by atoms with van der Waals surface area (Å²) in [6.07, 6.45) is 5.20. The number of morpholine rings is 1. The second-order valence-corrected chi connectivity index (χ2v) is 9.13. The molecule has 4 rings (SSSR count). The Balaban J connectivity index is 1.41. The minimum Gasteiger partial charge on any atom is -0.384 e. The number of benzene rings is 1. The molecule has 0 N–H and O–H groups in total. The maximum atomic E-state index is 6.04. The van der Waals surface area contributed by atoms with Crippen LogP contribution in [0.25, 0.3) is 0 Å². The van der Waals surface area contributed by atoms with Crippen molar-refractivity contribution in [3.63, 3.8) is 0 Å². The fourth-order valence-corrected chi connectivity index (χ4v) is 5.76. The Morgan fingerprint density at radius 1 is 1.15 bits per heavy atom. The lowest BCUT2D eigenvalue weighted by Crippen LogP contribution is -2.56. The van der Waals surface area contributed by atoms with E-state index in [1.54, 1.807) is 0 Å². The number of piperidine rings is 1. The molecule has 1 aliphatic carbocycles. The van der Waals surface area contributed by atoms with Crippen molar-refractivity contribution in [2.75, 3.05) is 53.1 Å². The number of rotatable bonds is 5. The molecule has 3 fully saturated rings. The number of likely N-dealkylation sites (tertiary alicyclic amines) is 1. The highest BCUT2D eigenvalue weighted by Gasteiger charge is 2.47. The van der Waals surface area contributed by atoms with Crippen molar-refractivity contribution in [1.82, 2.24) is 9.80 Å². The van der Waals surface area contributed by atoms with Crippen LogP contribution in [0.3, 0.4) is 0 Å². The molecule has 0 amide bonds. The molecule has 1 aromatic carbocycles. The summed E-state index contributed by atoms with van der Waals surface area (Å²) < 4.78 is 11.3. The summed E-state index contributed by atoms with van der Waals surface area (Å²) in [4.78, 5) is 5.31. The number of halogens is 1. The average Bonchev–Trinajstić information content (AvgIpc) is 2.70. The standard InChI is InChI=1S/C22H33ClN2O2/c1-26-17-22-8-6-21(25-10-12-27-13-11-25)14-19(22)7-9-24(16-22)15-18-2-4-20(23)5-3-18/h2-5,19,21H,6-17H2,1H3/t19-,21-,22+/m1/s1. The van der Waals surface area contributed by atoms with Crippen molar-refractivity contribution in [1.29, 1.82) is 0 Å². The van der Waals surface area contributed by atoms with Crippen LogP contribution in [0.1, 0.15) is 31.2 Å². The lowest BCUT2D eigenvalue weighted by molar-refractivity contribution is -0.0870. The minimum absolute atomic E-state index is 0.322. The number of nitrogens with zero attached hydrogens (tertiary/aromatic N) is 2. The van der Waals surface area contributed by atoms with Gasteiger partial charge in [0.2, 0.25) is 0 Å². The van der Waals surface area contributed by atoms with E-state index in [9.17, 15) is 0 Å². The van der Waals surface area contributed by atoms with Crippen LogP contribution in [0.5, 0.6) is 0 Å². The van der Waals surface area contributed by atoms with Crippen LogP contribution < -0.4 is 0 Å². The van der Waals surface area contributed by atoms with Gasteiger partial charge in [0.1, 0.15) is 0 Å². The van der Waals surface area contributed by atoms with E-state index in [-0.39, 0.29) is 0 Å². The highest BCUT2D eigenvalue weighted by molar-refractivity contribution is 6.30. The van der Waals surface area contributed by atoms with Gasteiger partial charge in [-0.25, -0.2) is 0 Å². The van der Waals surface area contributed by atoms with Gasteiger partial charge in [0.25, 0.3) is 0 Å². The molecule has 0 aromatic heterocycles. The van der Waals surface area contributed by atoms with Crippen LogP contribution in [0.4, 0.5) is 0 Å². The van der Waals surface area contributed by atoms with E-state index in [0.717, 1.165) is 63.0 Å². The van der Waals surface area contributed by atoms with Crippen LogP contribution in [0.15, 0.2) is 24.3 Å². The first-order valence-corrected chi connectivity index (χ1v) is 10.8. The fraction of sp³-hybridized carbons (Fsp3) is 0.727. The topological polar surface area (TPSA) is 24.9 Å². The predicted octanol–water partition coefficient (Wildman–Crippen LogP) is 3.68. The molecular formula is C22H33ClN2O2. The minimum atomic E-state index is 0.322. The lowest BCUT2D eigenvalue weighted by atomic mass is 9.61. The number of ether oxygens (including phenoxy) is 2. The molecule has 3 aliphatic rings. The first kappa shape index (κ1) is 19.7. The van der Waals surface area contributed by atoms with E-state index in [4.69, 9.17) is 21.1 Å². The van der Waals surface area contributed by atoms with Gasteiger partial charge in [0, 0.05) is 49.8 Å². The maximum Gasteiger partial charge on any atom is 0.0594 e. The zero-order valence-electron chi connectivity index (χ0n) is 16.5. The van der Waals surface area contributed by atoms with Crippen LogP contribution in [-0.4, -0.2) is 69.0 Å². The van der Waals surface area contributed by atoms with E-state index in [2.05, 4.69) is 21.9 Å². The van der Waals surface area contributed by atoms with E-state index in [1.165, 1.54) is 37.8 Å². The van der Waals surface area contributed by atoms with Crippen molar-refractivity contribution >= 4 is 11.6 Å². The van der Waals surface area contributed by atoms with E-state index >= 15 is 0 Å². The van der Waals surface area contributed by atoms with Gasteiger partial charge >= 0.3 is 0 Å². The van der Waals surface area contributed by atoms with Gasteiger partial charge in [0.15, 0.2) is 0 Å². The number of methoxy groups -OCH3 is 1. The van der Waals surface area contributed by atoms with Gasteiger partial charge in [-0.2, -0.15) is 0 Å². The molecule has 150 valence electrons. The molecule has 27 heavy (non-hydrogen) atoms. The van der Waals surface area contributed by atoms with Gasteiger partial charge < -0.3 is 9.47 Å². The molecule has 2 aliphatic heterocycles. The van der Waals surface area contributed by atoms with Gasteiger partial charge in [-0.3, -0.25) is 9.80 Å².